The number of likely N-dealkylation sites (tertiary alicyclic amines) is 1. The molecule has 1 saturated heterocycles. The van der Waals surface area contributed by atoms with Crippen molar-refractivity contribution in [1.29, 1.82) is 0 Å². The number of benzene rings is 2. The molecule has 0 radical (unpaired) electrons. The normalized spacial score (nSPS) is 26.1. The van der Waals surface area contributed by atoms with Gasteiger partial charge in [-0.1, -0.05) is 49.4 Å². The quantitative estimate of drug-likeness (QED) is 0.732. The predicted octanol–water partition coefficient (Wildman–Crippen LogP) is 4.47. The van der Waals surface area contributed by atoms with Crippen molar-refractivity contribution >= 4 is 0 Å². The van der Waals surface area contributed by atoms with Gasteiger partial charge in [-0.25, -0.2) is 0 Å². The molecule has 3 atom stereocenters. The van der Waals surface area contributed by atoms with Gasteiger partial charge in [0.2, 0.25) is 0 Å². The average molecular weight is 367 g/mol. The van der Waals surface area contributed by atoms with Gasteiger partial charge in [0.25, 0.3) is 0 Å². The highest BCUT2D eigenvalue weighted by atomic mass is 16.5. The molecule has 0 aromatic heterocycles. The molecule has 3 rings (SSSR count). The molecular formula is C24H34N2O. The lowest BCUT2D eigenvalue weighted by atomic mass is 9.63. The molecule has 0 saturated carbocycles. The third kappa shape index (κ3) is 4.53. The first-order valence-electron chi connectivity index (χ1n) is 10.1. The molecule has 3 unspecified atom stereocenters. The zero-order valence-electron chi connectivity index (χ0n) is 17.2. The molecule has 1 aliphatic rings. The fourth-order valence-corrected chi connectivity index (χ4v) is 4.62. The van der Waals surface area contributed by atoms with Gasteiger partial charge in [-0.05, 0) is 62.5 Å². The number of methoxy groups -OCH3 is 1. The van der Waals surface area contributed by atoms with E-state index >= 15 is 0 Å². The lowest BCUT2D eigenvalue weighted by Gasteiger charge is -2.50. The van der Waals surface area contributed by atoms with Crippen molar-refractivity contribution < 1.29 is 4.74 Å². The van der Waals surface area contributed by atoms with Crippen LogP contribution in [0.1, 0.15) is 37.8 Å². The number of nitrogens with zero attached hydrogens (tertiary/aromatic N) is 1. The summed E-state index contributed by atoms with van der Waals surface area (Å²) in [4.78, 5) is 2.51. The van der Waals surface area contributed by atoms with E-state index in [1.807, 2.05) is 12.1 Å². The van der Waals surface area contributed by atoms with Crippen LogP contribution >= 0.6 is 0 Å². The van der Waals surface area contributed by atoms with Crippen LogP contribution < -0.4 is 10.1 Å². The number of nitrogens with one attached hydrogen (secondary N) is 1. The van der Waals surface area contributed by atoms with Crippen LogP contribution in [0, 0.1) is 5.92 Å². The fraction of sp³-hybridized carbons (Fsp3) is 0.500. The third-order valence-electron chi connectivity index (χ3n) is 6.50. The second-order valence-electron chi connectivity index (χ2n) is 8.19. The molecule has 2 aromatic carbocycles. The molecule has 0 amide bonds. The van der Waals surface area contributed by atoms with E-state index in [4.69, 9.17) is 4.74 Å². The number of ether oxygens (including phenoxy) is 1. The summed E-state index contributed by atoms with van der Waals surface area (Å²) in [7, 11) is 3.97. The summed E-state index contributed by atoms with van der Waals surface area (Å²) in [6, 6.07) is 20.1. The summed E-state index contributed by atoms with van der Waals surface area (Å²) >= 11 is 0. The van der Waals surface area contributed by atoms with Crippen LogP contribution in [0.5, 0.6) is 5.75 Å². The van der Waals surface area contributed by atoms with Crippen LogP contribution in [0.2, 0.25) is 0 Å². The lowest BCUT2D eigenvalue weighted by Crippen LogP contribution is -2.52. The average Bonchev–Trinajstić information content (AvgIpc) is 2.70. The molecule has 27 heavy (non-hydrogen) atoms. The smallest absolute Gasteiger partial charge is 0.118 e. The first-order valence-corrected chi connectivity index (χ1v) is 10.1. The van der Waals surface area contributed by atoms with Crippen molar-refractivity contribution in [3.63, 3.8) is 0 Å². The van der Waals surface area contributed by atoms with E-state index in [1.54, 1.807) is 7.11 Å². The van der Waals surface area contributed by atoms with Gasteiger partial charge in [0, 0.05) is 24.5 Å². The van der Waals surface area contributed by atoms with E-state index in [9.17, 15) is 0 Å². The second-order valence-corrected chi connectivity index (χ2v) is 8.19. The zero-order valence-corrected chi connectivity index (χ0v) is 17.2. The Morgan fingerprint density at radius 3 is 2.44 bits per heavy atom. The van der Waals surface area contributed by atoms with Crippen molar-refractivity contribution in [1.82, 2.24) is 10.2 Å². The molecule has 0 spiro atoms. The Labute approximate surface area is 164 Å². The molecule has 0 bridgehead atoms. The van der Waals surface area contributed by atoms with Gasteiger partial charge in [-0.15, -0.1) is 0 Å². The second kappa shape index (κ2) is 8.90. The Morgan fingerprint density at radius 2 is 1.78 bits per heavy atom. The van der Waals surface area contributed by atoms with Crippen molar-refractivity contribution in [2.75, 3.05) is 27.2 Å². The Kier molecular flexibility index (Phi) is 6.56. The maximum Gasteiger partial charge on any atom is 0.118 e. The van der Waals surface area contributed by atoms with E-state index in [0.29, 0.717) is 12.0 Å². The molecule has 3 nitrogen and oxygen atoms in total. The molecule has 0 aliphatic carbocycles. The molecule has 1 N–H and O–H groups in total. The van der Waals surface area contributed by atoms with Gasteiger partial charge in [0.05, 0.1) is 7.11 Å². The minimum atomic E-state index is 0.250. The zero-order chi connectivity index (χ0) is 19.3. The summed E-state index contributed by atoms with van der Waals surface area (Å²) < 4.78 is 5.24. The van der Waals surface area contributed by atoms with Gasteiger partial charge in [0.15, 0.2) is 0 Å². The predicted molar refractivity (Wildman–Crippen MR) is 113 cm³/mol. The monoisotopic (exact) mass is 366 g/mol. The lowest BCUT2D eigenvalue weighted by molar-refractivity contribution is 0.0689. The maximum absolute atomic E-state index is 5.24. The minimum absolute atomic E-state index is 0.250. The number of hydrogen-bond acceptors (Lipinski definition) is 3. The molecule has 1 fully saturated rings. The van der Waals surface area contributed by atoms with Gasteiger partial charge in [0.1, 0.15) is 5.75 Å². The minimum Gasteiger partial charge on any atom is -0.497 e. The van der Waals surface area contributed by atoms with E-state index < -0.39 is 0 Å². The van der Waals surface area contributed by atoms with Crippen molar-refractivity contribution in [3.8, 4) is 5.75 Å². The Morgan fingerprint density at radius 1 is 1.07 bits per heavy atom. The molecule has 146 valence electrons. The van der Waals surface area contributed by atoms with E-state index in [-0.39, 0.29) is 5.41 Å². The topological polar surface area (TPSA) is 24.5 Å². The molecular weight excluding hydrogens is 332 g/mol. The summed E-state index contributed by atoms with van der Waals surface area (Å²) in [6.07, 6.45) is 2.39. The van der Waals surface area contributed by atoms with Crippen molar-refractivity contribution in [3.05, 3.63) is 65.7 Å². The van der Waals surface area contributed by atoms with Crippen LogP contribution in [-0.4, -0.2) is 38.2 Å². The highest BCUT2D eigenvalue weighted by molar-refractivity contribution is 5.29. The highest BCUT2D eigenvalue weighted by Gasteiger charge is 2.43. The molecule has 1 aliphatic heterocycles. The standard InChI is InChI=1S/C24H34N2O/c1-19-18-26(3)20(2)16-24(19,22-8-6-5-7-9-22)14-15-25-17-21-10-12-23(27-4)13-11-21/h5-13,19-20,25H,14-18H2,1-4H3. The maximum atomic E-state index is 5.24. The molecule has 3 heteroatoms. The molecule has 1 heterocycles. The van der Waals surface area contributed by atoms with Crippen LogP contribution in [0.25, 0.3) is 0 Å². The number of hydrogen-bond donors (Lipinski definition) is 1. The first kappa shape index (κ1) is 19.9. The van der Waals surface area contributed by atoms with Crippen LogP contribution in [0.15, 0.2) is 54.6 Å². The Bertz CT molecular complexity index is 700. The van der Waals surface area contributed by atoms with Gasteiger partial charge in [-0.3, -0.25) is 0 Å². The number of rotatable bonds is 7. The van der Waals surface area contributed by atoms with E-state index in [1.165, 1.54) is 24.0 Å². The summed E-state index contributed by atoms with van der Waals surface area (Å²) in [6.45, 7) is 7.89. The Hall–Kier alpha value is -1.84. The summed E-state index contributed by atoms with van der Waals surface area (Å²) in [5, 5.41) is 3.67. The Balaban J connectivity index is 1.67. The third-order valence-corrected chi connectivity index (χ3v) is 6.50. The summed E-state index contributed by atoms with van der Waals surface area (Å²) in [5.74, 6) is 1.56. The van der Waals surface area contributed by atoms with E-state index in [0.717, 1.165) is 25.4 Å². The van der Waals surface area contributed by atoms with Crippen LogP contribution in [0.4, 0.5) is 0 Å². The number of piperidine rings is 1. The van der Waals surface area contributed by atoms with Crippen molar-refractivity contribution in [2.24, 2.45) is 5.92 Å². The van der Waals surface area contributed by atoms with E-state index in [2.05, 4.69) is 73.6 Å². The summed E-state index contributed by atoms with van der Waals surface area (Å²) in [5.41, 5.74) is 3.05. The van der Waals surface area contributed by atoms with Gasteiger partial charge < -0.3 is 15.0 Å². The largest absolute Gasteiger partial charge is 0.497 e. The first-order chi connectivity index (χ1) is 13.0. The fourth-order valence-electron chi connectivity index (χ4n) is 4.62. The van der Waals surface area contributed by atoms with Gasteiger partial charge >= 0.3 is 0 Å². The SMILES string of the molecule is COc1ccc(CNCCC2(c3ccccc3)CC(C)N(C)CC2C)cc1. The van der Waals surface area contributed by atoms with Crippen molar-refractivity contribution in [2.45, 2.75) is 44.7 Å². The van der Waals surface area contributed by atoms with Crippen LogP contribution in [-0.2, 0) is 12.0 Å². The van der Waals surface area contributed by atoms with Gasteiger partial charge in [-0.2, -0.15) is 0 Å². The van der Waals surface area contributed by atoms with Crippen LogP contribution in [0.3, 0.4) is 0 Å². The highest BCUT2D eigenvalue weighted by Crippen LogP contribution is 2.44. The molecule has 2 aromatic rings.